The van der Waals surface area contributed by atoms with Crippen molar-refractivity contribution in [3.63, 3.8) is 0 Å². The molecule has 0 heterocycles. The molecular formula is C43H81N3O6. The van der Waals surface area contributed by atoms with Crippen LogP contribution in [0.3, 0.4) is 0 Å². The van der Waals surface area contributed by atoms with E-state index in [1.807, 2.05) is 17.1 Å². The van der Waals surface area contributed by atoms with E-state index in [-0.39, 0.29) is 18.0 Å². The zero-order chi connectivity index (χ0) is 38.3. The summed E-state index contributed by atoms with van der Waals surface area (Å²) in [6.07, 6.45) is 31.8. The molecule has 9 heteroatoms. The van der Waals surface area contributed by atoms with E-state index in [9.17, 15) is 14.4 Å². The van der Waals surface area contributed by atoms with Crippen LogP contribution < -0.4 is 0 Å². The van der Waals surface area contributed by atoms with E-state index in [0.29, 0.717) is 52.3 Å². The molecule has 0 unspecified atom stereocenters. The van der Waals surface area contributed by atoms with Gasteiger partial charge in [-0.15, -0.1) is 0 Å². The highest BCUT2D eigenvalue weighted by molar-refractivity contribution is 5.69. The highest BCUT2D eigenvalue weighted by Gasteiger charge is 2.15. The minimum atomic E-state index is -0.219. The van der Waals surface area contributed by atoms with Crippen LogP contribution >= 0.6 is 0 Å². The van der Waals surface area contributed by atoms with Crippen LogP contribution in [0.15, 0.2) is 24.3 Å². The van der Waals surface area contributed by atoms with Crippen molar-refractivity contribution in [2.75, 3.05) is 73.7 Å². The van der Waals surface area contributed by atoms with Crippen molar-refractivity contribution in [3.8, 4) is 0 Å². The smallest absolute Gasteiger partial charge is 0.409 e. The van der Waals surface area contributed by atoms with Crippen LogP contribution in [-0.4, -0.2) is 106 Å². The van der Waals surface area contributed by atoms with Gasteiger partial charge in [-0.2, -0.15) is 0 Å². The first-order valence-corrected chi connectivity index (χ1v) is 21.2. The minimum absolute atomic E-state index is 0.108. The van der Waals surface area contributed by atoms with Crippen molar-refractivity contribution < 1.29 is 28.6 Å². The first-order chi connectivity index (χ1) is 25.3. The summed E-state index contributed by atoms with van der Waals surface area (Å²) in [5.41, 5.74) is 0. The van der Waals surface area contributed by atoms with Crippen LogP contribution in [0.2, 0.25) is 0 Å². The van der Waals surface area contributed by atoms with Gasteiger partial charge in [-0.3, -0.25) is 9.59 Å². The lowest BCUT2D eigenvalue weighted by Gasteiger charge is -2.24. The molecule has 9 nitrogen and oxygen atoms in total. The quantitative estimate of drug-likeness (QED) is 0.0270. The predicted octanol–water partition coefficient (Wildman–Crippen LogP) is 10.1. The Kier molecular flexibility index (Phi) is 36.6. The van der Waals surface area contributed by atoms with Crippen molar-refractivity contribution in [1.82, 2.24) is 14.7 Å². The van der Waals surface area contributed by atoms with E-state index in [1.54, 1.807) is 0 Å². The number of esters is 2. The van der Waals surface area contributed by atoms with Gasteiger partial charge < -0.3 is 28.9 Å². The summed E-state index contributed by atoms with van der Waals surface area (Å²) in [6.45, 7) is 9.58. The maximum Gasteiger partial charge on any atom is 0.409 e. The molecule has 1 amide bonds. The van der Waals surface area contributed by atoms with Crippen molar-refractivity contribution in [2.24, 2.45) is 0 Å². The normalized spacial score (nSPS) is 11.7. The third-order valence-corrected chi connectivity index (χ3v) is 9.22. The summed E-state index contributed by atoms with van der Waals surface area (Å²) < 4.78 is 16.3. The van der Waals surface area contributed by atoms with Crippen LogP contribution in [0.4, 0.5) is 4.79 Å². The standard InChI is InChI=1S/C43H81N3O6/c1-6-8-10-12-16-23-29-38-50-41(47)31-25-19-14-15-21-27-33-46(43(49)52-40-37-45(5)36-35-44(3)4)34-28-22-18-20-26-32-42(48)51-39-30-24-17-13-11-9-7-2/h23-24,29-30H,6-22,25-28,31-40H2,1-5H3/b29-23+,30-24+. The average Bonchev–Trinajstić information content (AvgIpc) is 3.12. The lowest BCUT2D eigenvalue weighted by Crippen LogP contribution is -2.36. The second kappa shape index (κ2) is 38.3. The van der Waals surface area contributed by atoms with Gasteiger partial charge in [-0.25, -0.2) is 4.79 Å². The third-order valence-electron chi connectivity index (χ3n) is 9.22. The van der Waals surface area contributed by atoms with Gasteiger partial charge in [0.05, 0.1) is 0 Å². The Morgan fingerprint density at radius 1 is 0.462 bits per heavy atom. The lowest BCUT2D eigenvalue weighted by molar-refractivity contribution is -0.143. The molecule has 52 heavy (non-hydrogen) atoms. The fraction of sp³-hybridized carbons (Fsp3) is 0.837. The first-order valence-electron chi connectivity index (χ1n) is 21.2. The van der Waals surface area contributed by atoms with Crippen LogP contribution in [0.5, 0.6) is 0 Å². The topological polar surface area (TPSA) is 88.6 Å². The van der Waals surface area contributed by atoms with Crippen LogP contribution in [0.25, 0.3) is 0 Å². The number of carbonyl (C=O) groups excluding carboxylic acids is 3. The number of nitrogens with zero attached hydrogens (tertiary/aromatic N) is 3. The summed E-state index contributed by atoms with van der Waals surface area (Å²) >= 11 is 0. The Balaban J connectivity index is 4.27. The van der Waals surface area contributed by atoms with E-state index in [2.05, 4.69) is 56.9 Å². The molecule has 0 rings (SSSR count). The number of likely N-dealkylation sites (N-methyl/N-ethyl adjacent to an activating group) is 2. The average molecular weight is 736 g/mol. The van der Waals surface area contributed by atoms with Gasteiger partial charge in [0.15, 0.2) is 0 Å². The number of carbonyl (C=O) groups is 3. The molecule has 0 bridgehead atoms. The molecular weight excluding hydrogens is 654 g/mol. The summed E-state index contributed by atoms with van der Waals surface area (Å²) in [7, 11) is 6.17. The monoisotopic (exact) mass is 736 g/mol. The molecule has 0 atom stereocenters. The van der Waals surface area contributed by atoms with Crippen molar-refractivity contribution >= 4 is 18.0 Å². The molecule has 0 aromatic heterocycles. The largest absolute Gasteiger partial charge is 0.461 e. The SMILES string of the molecule is CCCCCC/C=C/COC(=O)CCCCCCCCN(CCCCCCCC(=O)OC/C=C/CCCCCC)C(=O)OCCN(C)CCN(C)C. The molecule has 0 saturated heterocycles. The minimum Gasteiger partial charge on any atom is -0.461 e. The molecule has 0 fully saturated rings. The van der Waals surface area contributed by atoms with Gasteiger partial charge in [0.25, 0.3) is 0 Å². The number of unbranched alkanes of at least 4 members (excludes halogenated alkanes) is 17. The van der Waals surface area contributed by atoms with Gasteiger partial charge in [0, 0.05) is 45.6 Å². The van der Waals surface area contributed by atoms with Crippen molar-refractivity contribution in [2.45, 2.75) is 162 Å². The van der Waals surface area contributed by atoms with E-state index < -0.39 is 0 Å². The molecule has 0 radical (unpaired) electrons. The molecule has 304 valence electrons. The van der Waals surface area contributed by atoms with Crippen molar-refractivity contribution in [1.29, 1.82) is 0 Å². The molecule has 0 aromatic rings. The third kappa shape index (κ3) is 36.0. The van der Waals surface area contributed by atoms with E-state index in [0.717, 1.165) is 96.6 Å². The Bertz CT molecular complexity index is 894. The Labute approximate surface area is 320 Å². The molecule has 0 aliphatic heterocycles. The highest BCUT2D eigenvalue weighted by Crippen LogP contribution is 2.12. The van der Waals surface area contributed by atoms with Crippen LogP contribution in [0.1, 0.15) is 162 Å². The molecule has 0 aromatic carbocycles. The molecule has 0 saturated carbocycles. The summed E-state index contributed by atoms with van der Waals surface area (Å²) in [4.78, 5) is 43.3. The number of allylic oxidation sites excluding steroid dienone is 2. The second-order valence-electron chi connectivity index (χ2n) is 14.6. The zero-order valence-electron chi connectivity index (χ0n) is 34.5. The molecule has 0 aliphatic carbocycles. The predicted molar refractivity (Wildman–Crippen MR) is 217 cm³/mol. The van der Waals surface area contributed by atoms with Gasteiger partial charge in [-0.1, -0.05) is 122 Å². The fourth-order valence-corrected chi connectivity index (χ4v) is 5.71. The fourth-order valence-electron chi connectivity index (χ4n) is 5.71. The maximum absolute atomic E-state index is 13.0. The van der Waals surface area contributed by atoms with E-state index in [1.165, 1.54) is 51.4 Å². The van der Waals surface area contributed by atoms with Crippen LogP contribution in [0, 0.1) is 0 Å². The van der Waals surface area contributed by atoms with Crippen molar-refractivity contribution in [3.05, 3.63) is 24.3 Å². The molecule has 0 N–H and O–H groups in total. The van der Waals surface area contributed by atoms with Gasteiger partial charge in [0.2, 0.25) is 0 Å². The number of ether oxygens (including phenoxy) is 3. The number of amides is 1. The Morgan fingerprint density at radius 2 is 0.904 bits per heavy atom. The number of hydrogen-bond donors (Lipinski definition) is 0. The Morgan fingerprint density at radius 3 is 1.37 bits per heavy atom. The summed E-state index contributed by atoms with van der Waals surface area (Å²) in [5, 5.41) is 0. The van der Waals surface area contributed by atoms with E-state index >= 15 is 0 Å². The maximum atomic E-state index is 13.0. The summed E-state index contributed by atoms with van der Waals surface area (Å²) in [5.74, 6) is -0.228. The lowest BCUT2D eigenvalue weighted by atomic mass is 10.1. The van der Waals surface area contributed by atoms with Gasteiger partial charge >= 0.3 is 18.0 Å². The second-order valence-corrected chi connectivity index (χ2v) is 14.6. The summed E-state index contributed by atoms with van der Waals surface area (Å²) in [6, 6.07) is 0. The van der Waals surface area contributed by atoms with E-state index in [4.69, 9.17) is 14.2 Å². The first kappa shape index (κ1) is 49.6. The zero-order valence-corrected chi connectivity index (χ0v) is 34.5. The van der Waals surface area contributed by atoms with Gasteiger partial charge in [0.1, 0.15) is 19.8 Å². The molecule has 0 spiro atoms. The molecule has 0 aliphatic rings. The number of rotatable bonds is 37. The van der Waals surface area contributed by atoms with Crippen LogP contribution in [-0.2, 0) is 23.8 Å². The van der Waals surface area contributed by atoms with Gasteiger partial charge in [-0.05, 0) is 72.5 Å². The Hall–Kier alpha value is -2.39. The highest BCUT2D eigenvalue weighted by atomic mass is 16.6. The number of hydrogen-bond acceptors (Lipinski definition) is 8.